The van der Waals surface area contributed by atoms with Crippen molar-refractivity contribution in [3.63, 3.8) is 0 Å². The Balaban J connectivity index is 2.19. The summed E-state index contributed by atoms with van der Waals surface area (Å²) in [5.41, 5.74) is 0.641. The van der Waals surface area contributed by atoms with Crippen LogP contribution in [0.15, 0.2) is 22.7 Å². The Bertz CT molecular complexity index is 492. The van der Waals surface area contributed by atoms with E-state index < -0.39 is 6.04 Å². The van der Waals surface area contributed by atoms with Gasteiger partial charge in [-0.25, -0.2) is 0 Å². The van der Waals surface area contributed by atoms with Gasteiger partial charge in [0.05, 0.1) is 17.1 Å². The van der Waals surface area contributed by atoms with Crippen LogP contribution in [0.4, 0.5) is 5.69 Å². The van der Waals surface area contributed by atoms with Gasteiger partial charge in [-0.2, -0.15) is 0 Å². The molecule has 0 radical (unpaired) electrons. The first-order valence-corrected chi connectivity index (χ1v) is 6.18. The fraction of sp³-hybridized carbons (Fsp3) is 0.273. The van der Waals surface area contributed by atoms with Crippen molar-refractivity contribution in [1.82, 2.24) is 4.90 Å². The van der Waals surface area contributed by atoms with Crippen LogP contribution < -0.4 is 5.32 Å². The van der Waals surface area contributed by atoms with Gasteiger partial charge in [0.1, 0.15) is 6.04 Å². The SMILES string of the molecule is CN1C(=O)CC(Nc2cc(Br)ccc2Cl)C1=O. The van der Waals surface area contributed by atoms with E-state index in [1.54, 1.807) is 18.2 Å². The molecular weight excluding hydrogens is 307 g/mol. The minimum atomic E-state index is -0.528. The number of carbonyl (C=O) groups is 2. The predicted octanol–water partition coefficient (Wildman–Crippen LogP) is 2.27. The number of likely N-dealkylation sites (N-methyl/N-ethyl adjacent to an activating group) is 1. The highest BCUT2D eigenvalue weighted by molar-refractivity contribution is 9.10. The molecule has 2 rings (SSSR count). The first kappa shape index (κ1) is 12.4. The van der Waals surface area contributed by atoms with E-state index in [1.807, 2.05) is 0 Å². The molecule has 0 bridgehead atoms. The third kappa shape index (κ3) is 2.45. The third-order valence-electron chi connectivity index (χ3n) is 2.64. The van der Waals surface area contributed by atoms with Crippen LogP contribution in [0.3, 0.4) is 0 Å². The fourth-order valence-electron chi connectivity index (χ4n) is 1.66. The number of hydrogen-bond acceptors (Lipinski definition) is 3. The Morgan fingerprint density at radius 3 is 2.76 bits per heavy atom. The van der Waals surface area contributed by atoms with Crippen molar-refractivity contribution in [2.45, 2.75) is 12.5 Å². The van der Waals surface area contributed by atoms with Gasteiger partial charge < -0.3 is 5.32 Å². The lowest BCUT2D eigenvalue weighted by Crippen LogP contribution is -2.31. The number of amides is 2. The molecule has 1 aliphatic heterocycles. The Morgan fingerprint density at radius 1 is 1.47 bits per heavy atom. The van der Waals surface area contributed by atoms with Crippen LogP contribution in [0.2, 0.25) is 5.02 Å². The summed E-state index contributed by atoms with van der Waals surface area (Å²) in [6.45, 7) is 0. The zero-order valence-electron chi connectivity index (χ0n) is 9.04. The molecule has 17 heavy (non-hydrogen) atoms. The summed E-state index contributed by atoms with van der Waals surface area (Å²) in [4.78, 5) is 24.2. The van der Waals surface area contributed by atoms with Crippen molar-refractivity contribution >= 4 is 45.0 Å². The first-order chi connectivity index (χ1) is 7.99. The molecule has 90 valence electrons. The second-order valence-electron chi connectivity index (χ2n) is 3.82. The lowest BCUT2D eigenvalue weighted by atomic mass is 10.2. The van der Waals surface area contributed by atoms with Crippen molar-refractivity contribution in [2.24, 2.45) is 0 Å². The molecule has 1 aliphatic rings. The summed E-state index contributed by atoms with van der Waals surface area (Å²) in [6, 6.07) is 4.78. The molecule has 0 spiro atoms. The van der Waals surface area contributed by atoms with Gasteiger partial charge in [-0.15, -0.1) is 0 Å². The number of anilines is 1. The lowest BCUT2D eigenvalue weighted by molar-refractivity contribution is -0.136. The maximum absolute atomic E-state index is 11.7. The van der Waals surface area contributed by atoms with Crippen molar-refractivity contribution < 1.29 is 9.59 Å². The average Bonchev–Trinajstić information content (AvgIpc) is 2.52. The smallest absolute Gasteiger partial charge is 0.251 e. The Morgan fingerprint density at radius 2 is 2.18 bits per heavy atom. The van der Waals surface area contributed by atoms with E-state index in [4.69, 9.17) is 11.6 Å². The molecule has 0 saturated carbocycles. The highest BCUT2D eigenvalue weighted by atomic mass is 79.9. The minimum absolute atomic E-state index is 0.165. The second-order valence-corrected chi connectivity index (χ2v) is 5.14. The predicted molar refractivity (Wildman–Crippen MR) is 69.0 cm³/mol. The van der Waals surface area contributed by atoms with Gasteiger partial charge in [0.2, 0.25) is 5.91 Å². The molecule has 1 heterocycles. The van der Waals surface area contributed by atoms with Crippen LogP contribution in [-0.4, -0.2) is 29.8 Å². The molecule has 2 amide bonds. The number of likely N-dealkylation sites (tertiary alicyclic amines) is 1. The van der Waals surface area contributed by atoms with Crippen LogP contribution in [0.5, 0.6) is 0 Å². The molecule has 1 N–H and O–H groups in total. The van der Waals surface area contributed by atoms with Gasteiger partial charge in [0.15, 0.2) is 0 Å². The van der Waals surface area contributed by atoms with Gasteiger partial charge in [0, 0.05) is 11.5 Å². The van der Waals surface area contributed by atoms with E-state index in [1.165, 1.54) is 7.05 Å². The maximum Gasteiger partial charge on any atom is 0.251 e. The number of hydrogen-bond donors (Lipinski definition) is 1. The summed E-state index contributed by atoms with van der Waals surface area (Å²) in [5, 5.41) is 3.50. The molecule has 1 fully saturated rings. The normalized spacial score (nSPS) is 19.9. The fourth-order valence-corrected chi connectivity index (χ4v) is 2.20. The number of benzene rings is 1. The van der Waals surface area contributed by atoms with E-state index in [2.05, 4.69) is 21.2 Å². The van der Waals surface area contributed by atoms with Crippen molar-refractivity contribution in [3.05, 3.63) is 27.7 Å². The largest absolute Gasteiger partial charge is 0.372 e. The average molecular weight is 318 g/mol. The number of rotatable bonds is 2. The molecule has 1 unspecified atom stereocenters. The van der Waals surface area contributed by atoms with Gasteiger partial charge in [-0.1, -0.05) is 27.5 Å². The van der Waals surface area contributed by atoms with Crippen molar-refractivity contribution in [3.8, 4) is 0 Å². The molecule has 0 aromatic heterocycles. The van der Waals surface area contributed by atoms with Crippen LogP contribution in [-0.2, 0) is 9.59 Å². The zero-order chi connectivity index (χ0) is 12.6. The van der Waals surface area contributed by atoms with E-state index >= 15 is 0 Å². The molecule has 1 saturated heterocycles. The lowest BCUT2D eigenvalue weighted by Gasteiger charge is -2.13. The van der Waals surface area contributed by atoms with Gasteiger partial charge >= 0.3 is 0 Å². The van der Waals surface area contributed by atoms with Crippen molar-refractivity contribution in [1.29, 1.82) is 0 Å². The van der Waals surface area contributed by atoms with E-state index in [0.717, 1.165) is 9.37 Å². The number of imide groups is 1. The summed E-state index contributed by atoms with van der Waals surface area (Å²) >= 11 is 9.33. The quantitative estimate of drug-likeness (QED) is 0.851. The van der Waals surface area contributed by atoms with Crippen LogP contribution in [0, 0.1) is 0 Å². The minimum Gasteiger partial charge on any atom is -0.372 e. The van der Waals surface area contributed by atoms with Gasteiger partial charge in [-0.05, 0) is 18.2 Å². The number of nitrogens with one attached hydrogen (secondary N) is 1. The Labute approximate surface area is 112 Å². The van der Waals surface area contributed by atoms with Crippen molar-refractivity contribution in [2.75, 3.05) is 12.4 Å². The molecule has 0 aliphatic carbocycles. The summed E-state index contributed by atoms with van der Waals surface area (Å²) in [7, 11) is 1.48. The maximum atomic E-state index is 11.7. The molecule has 4 nitrogen and oxygen atoms in total. The topological polar surface area (TPSA) is 49.4 Å². The molecule has 1 atom stereocenters. The molecule has 1 aromatic carbocycles. The number of nitrogens with zero attached hydrogens (tertiary/aromatic N) is 1. The van der Waals surface area contributed by atoms with Crippen LogP contribution in [0.1, 0.15) is 6.42 Å². The van der Waals surface area contributed by atoms with Gasteiger partial charge in [0.25, 0.3) is 5.91 Å². The van der Waals surface area contributed by atoms with E-state index in [9.17, 15) is 9.59 Å². The first-order valence-electron chi connectivity index (χ1n) is 5.01. The molecule has 1 aromatic rings. The van der Waals surface area contributed by atoms with Gasteiger partial charge in [-0.3, -0.25) is 14.5 Å². The summed E-state index contributed by atoms with van der Waals surface area (Å²) < 4.78 is 0.856. The summed E-state index contributed by atoms with van der Waals surface area (Å²) in [6.07, 6.45) is 0.165. The number of carbonyl (C=O) groups excluding carboxylic acids is 2. The standard InChI is InChI=1S/C11H10BrClN2O2/c1-15-10(16)5-9(11(15)17)14-8-4-6(12)2-3-7(8)13/h2-4,9,14H,5H2,1H3. The molecule has 6 heteroatoms. The Kier molecular flexibility index (Phi) is 3.40. The molecular formula is C11H10BrClN2O2. The monoisotopic (exact) mass is 316 g/mol. The van der Waals surface area contributed by atoms with E-state index in [0.29, 0.717) is 10.7 Å². The number of halogens is 2. The zero-order valence-corrected chi connectivity index (χ0v) is 11.4. The van der Waals surface area contributed by atoms with Crippen LogP contribution >= 0.6 is 27.5 Å². The summed E-state index contributed by atoms with van der Waals surface area (Å²) in [5.74, 6) is -0.412. The van der Waals surface area contributed by atoms with E-state index in [-0.39, 0.29) is 18.2 Å². The highest BCUT2D eigenvalue weighted by Gasteiger charge is 2.36. The third-order valence-corrected chi connectivity index (χ3v) is 3.46. The highest BCUT2D eigenvalue weighted by Crippen LogP contribution is 2.27. The second kappa shape index (κ2) is 4.66. The Hall–Kier alpha value is -1.07. The van der Waals surface area contributed by atoms with Crippen LogP contribution in [0.25, 0.3) is 0 Å².